The van der Waals surface area contributed by atoms with Gasteiger partial charge in [-0.3, -0.25) is 9.69 Å². The molecule has 0 radical (unpaired) electrons. The summed E-state index contributed by atoms with van der Waals surface area (Å²) in [6, 6.07) is 0. The molecule has 2 rings (SSSR count). The first-order chi connectivity index (χ1) is 7.29. The molecule has 0 atom stereocenters. The molecule has 84 valence electrons. The van der Waals surface area contributed by atoms with E-state index in [2.05, 4.69) is 21.6 Å². The molecule has 0 aromatic heterocycles. The van der Waals surface area contributed by atoms with Gasteiger partial charge in [0.1, 0.15) is 5.54 Å². The summed E-state index contributed by atoms with van der Waals surface area (Å²) < 4.78 is 0. The molecule has 2 aliphatic heterocycles. The molecule has 1 spiro atoms. The van der Waals surface area contributed by atoms with Gasteiger partial charge < -0.3 is 10.6 Å². The molecule has 0 unspecified atom stereocenters. The second kappa shape index (κ2) is 4.33. The Balaban J connectivity index is 2.12. The molecular weight excluding hydrogens is 190 g/mol. The van der Waals surface area contributed by atoms with Crippen LogP contribution in [0.25, 0.3) is 0 Å². The van der Waals surface area contributed by atoms with Gasteiger partial charge in [-0.1, -0.05) is 12.2 Å². The summed E-state index contributed by atoms with van der Waals surface area (Å²) in [5.74, 6) is 0.216. The van der Waals surface area contributed by atoms with Crippen LogP contribution in [-0.2, 0) is 4.79 Å². The Labute approximate surface area is 90.7 Å². The van der Waals surface area contributed by atoms with E-state index in [1.165, 1.54) is 0 Å². The highest BCUT2D eigenvalue weighted by molar-refractivity contribution is 5.88. The fraction of sp³-hybridized carbons (Fsp3) is 0.727. The summed E-state index contributed by atoms with van der Waals surface area (Å²) in [5.41, 5.74) is -0.231. The molecule has 0 aliphatic carbocycles. The van der Waals surface area contributed by atoms with Gasteiger partial charge in [0.25, 0.3) is 0 Å². The number of amides is 1. The van der Waals surface area contributed by atoms with Crippen LogP contribution in [0.3, 0.4) is 0 Å². The molecule has 15 heavy (non-hydrogen) atoms. The topological polar surface area (TPSA) is 44.4 Å². The van der Waals surface area contributed by atoms with Gasteiger partial charge in [0.05, 0.1) is 6.67 Å². The highest BCUT2D eigenvalue weighted by Gasteiger charge is 2.48. The predicted octanol–water partition coefficient (Wildman–Crippen LogP) is 0.0740. The van der Waals surface area contributed by atoms with E-state index in [-0.39, 0.29) is 11.4 Å². The van der Waals surface area contributed by atoms with Gasteiger partial charge in [0, 0.05) is 6.54 Å². The molecule has 0 bridgehead atoms. The predicted molar refractivity (Wildman–Crippen MR) is 59.4 cm³/mol. The Morgan fingerprint density at radius 2 is 2.20 bits per heavy atom. The third-order valence-corrected chi connectivity index (χ3v) is 3.45. The summed E-state index contributed by atoms with van der Waals surface area (Å²) in [5, 5.41) is 6.27. The van der Waals surface area contributed by atoms with Gasteiger partial charge >= 0.3 is 0 Å². The number of carbonyl (C=O) groups is 1. The Morgan fingerprint density at radius 1 is 1.47 bits per heavy atom. The lowest BCUT2D eigenvalue weighted by atomic mass is 9.87. The molecule has 0 aromatic rings. The van der Waals surface area contributed by atoms with Crippen LogP contribution in [-0.4, -0.2) is 42.6 Å². The second-order valence-electron chi connectivity index (χ2n) is 4.24. The molecular formula is C11H19N3O. The molecule has 2 heterocycles. The molecule has 2 fully saturated rings. The van der Waals surface area contributed by atoms with E-state index >= 15 is 0 Å². The normalized spacial score (nSPS) is 26.3. The molecule has 2 saturated heterocycles. The quantitative estimate of drug-likeness (QED) is 0.633. The zero-order valence-electron chi connectivity index (χ0n) is 9.25. The van der Waals surface area contributed by atoms with Gasteiger partial charge in [0.2, 0.25) is 5.91 Å². The minimum atomic E-state index is -0.231. The smallest absolute Gasteiger partial charge is 0.241 e. The largest absolute Gasteiger partial charge is 0.342 e. The molecule has 2 aliphatic rings. The number of nitrogens with zero attached hydrogens (tertiary/aromatic N) is 1. The minimum Gasteiger partial charge on any atom is -0.342 e. The fourth-order valence-electron chi connectivity index (χ4n) is 2.48. The number of hydrogen-bond donors (Lipinski definition) is 2. The van der Waals surface area contributed by atoms with Crippen molar-refractivity contribution in [3.8, 4) is 0 Å². The second-order valence-corrected chi connectivity index (χ2v) is 4.24. The SMILES string of the molecule is C/C=C\CN1CNC(=O)C12CCNCC2. The van der Waals surface area contributed by atoms with Crippen LogP contribution in [0.15, 0.2) is 12.2 Å². The number of carbonyl (C=O) groups excluding carboxylic acids is 1. The van der Waals surface area contributed by atoms with Crippen LogP contribution < -0.4 is 10.6 Å². The Hall–Kier alpha value is -0.870. The molecule has 1 amide bonds. The minimum absolute atomic E-state index is 0.216. The Bertz CT molecular complexity index is 269. The first-order valence-electron chi connectivity index (χ1n) is 5.65. The van der Waals surface area contributed by atoms with E-state index in [4.69, 9.17) is 0 Å². The number of rotatable bonds is 2. The summed E-state index contributed by atoms with van der Waals surface area (Å²) in [6.07, 6.45) is 6.01. The van der Waals surface area contributed by atoms with Crippen LogP contribution in [0, 0.1) is 0 Å². The van der Waals surface area contributed by atoms with Crippen molar-refractivity contribution < 1.29 is 4.79 Å². The first kappa shape index (κ1) is 10.6. The van der Waals surface area contributed by atoms with Gasteiger partial charge in [0.15, 0.2) is 0 Å². The first-order valence-corrected chi connectivity index (χ1v) is 5.65. The van der Waals surface area contributed by atoms with E-state index in [0.29, 0.717) is 6.67 Å². The van der Waals surface area contributed by atoms with Crippen LogP contribution >= 0.6 is 0 Å². The van der Waals surface area contributed by atoms with E-state index in [0.717, 1.165) is 32.5 Å². The molecule has 4 nitrogen and oxygen atoms in total. The van der Waals surface area contributed by atoms with Crippen molar-refractivity contribution in [3.05, 3.63) is 12.2 Å². The third kappa shape index (κ3) is 1.79. The fourth-order valence-corrected chi connectivity index (χ4v) is 2.48. The maximum absolute atomic E-state index is 11.9. The lowest BCUT2D eigenvalue weighted by Gasteiger charge is -2.38. The van der Waals surface area contributed by atoms with Crippen molar-refractivity contribution in [2.24, 2.45) is 0 Å². The van der Waals surface area contributed by atoms with Crippen molar-refractivity contribution in [3.63, 3.8) is 0 Å². The number of hydrogen-bond acceptors (Lipinski definition) is 3. The lowest BCUT2D eigenvalue weighted by molar-refractivity contribution is -0.127. The molecule has 0 saturated carbocycles. The van der Waals surface area contributed by atoms with E-state index in [1.54, 1.807) is 0 Å². The van der Waals surface area contributed by atoms with Gasteiger partial charge in [-0.05, 0) is 32.9 Å². The summed E-state index contributed by atoms with van der Waals surface area (Å²) in [6.45, 7) is 5.47. The van der Waals surface area contributed by atoms with Crippen molar-refractivity contribution in [2.45, 2.75) is 25.3 Å². The maximum atomic E-state index is 11.9. The maximum Gasteiger partial charge on any atom is 0.241 e. The molecule has 0 aromatic carbocycles. The summed E-state index contributed by atoms with van der Waals surface area (Å²) in [7, 11) is 0. The average molecular weight is 209 g/mol. The Morgan fingerprint density at radius 3 is 2.87 bits per heavy atom. The lowest BCUT2D eigenvalue weighted by Crippen LogP contribution is -2.55. The van der Waals surface area contributed by atoms with Gasteiger partial charge in [-0.15, -0.1) is 0 Å². The highest BCUT2D eigenvalue weighted by Crippen LogP contribution is 2.29. The number of allylic oxidation sites excluding steroid dienone is 1. The zero-order chi connectivity index (χ0) is 10.7. The van der Waals surface area contributed by atoms with Crippen molar-refractivity contribution >= 4 is 5.91 Å². The van der Waals surface area contributed by atoms with Gasteiger partial charge in [-0.25, -0.2) is 0 Å². The summed E-state index contributed by atoms with van der Waals surface area (Å²) >= 11 is 0. The van der Waals surface area contributed by atoms with E-state index in [1.807, 2.05) is 13.0 Å². The zero-order valence-corrected chi connectivity index (χ0v) is 9.25. The molecule has 4 heteroatoms. The summed E-state index contributed by atoms with van der Waals surface area (Å²) in [4.78, 5) is 14.2. The number of nitrogens with one attached hydrogen (secondary N) is 2. The molecule has 2 N–H and O–H groups in total. The van der Waals surface area contributed by atoms with Gasteiger partial charge in [-0.2, -0.15) is 0 Å². The van der Waals surface area contributed by atoms with Crippen LogP contribution in [0.2, 0.25) is 0 Å². The number of piperidine rings is 1. The van der Waals surface area contributed by atoms with Crippen molar-refractivity contribution in [1.82, 2.24) is 15.5 Å². The average Bonchev–Trinajstić information content (AvgIpc) is 2.56. The van der Waals surface area contributed by atoms with Crippen LogP contribution in [0.1, 0.15) is 19.8 Å². The van der Waals surface area contributed by atoms with Crippen LogP contribution in [0.5, 0.6) is 0 Å². The third-order valence-electron chi connectivity index (χ3n) is 3.45. The van der Waals surface area contributed by atoms with Crippen molar-refractivity contribution in [2.75, 3.05) is 26.3 Å². The standard InChI is InChI=1S/C11H19N3O/c1-2-3-8-14-9-13-10(15)11(14)4-6-12-7-5-11/h2-3,12H,4-9H2,1H3,(H,13,15)/b3-2-. The van der Waals surface area contributed by atoms with Crippen molar-refractivity contribution in [1.29, 1.82) is 0 Å². The monoisotopic (exact) mass is 209 g/mol. The van der Waals surface area contributed by atoms with E-state index in [9.17, 15) is 4.79 Å². The Kier molecular flexibility index (Phi) is 3.07. The highest BCUT2D eigenvalue weighted by atomic mass is 16.2. The van der Waals surface area contributed by atoms with Crippen LogP contribution in [0.4, 0.5) is 0 Å². The van der Waals surface area contributed by atoms with E-state index < -0.39 is 0 Å².